The normalized spacial score (nSPS) is 18.0. The van der Waals surface area contributed by atoms with E-state index in [1.54, 1.807) is 37.5 Å². The molecule has 0 saturated heterocycles. The van der Waals surface area contributed by atoms with Gasteiger partial charge in [-0.1, -0.05) is 11.6 Å². The third-order valence-electron chi connectivity index (χ3n) is 5.70. The number of aliphatic imine (C=N–C) groups is 1. The number of aromatic nitrogens is 4. The molecule has 35 heavy (non-hydrogen) atoms. The standard InChI is InChI=1S/C23H18ClF3N8/c1-23(32-21(28)19(22(29)33-23)11-8-30-10-31-9-11)35-18-5-2-12(24)6-14(18)17(34-35)7-13-15(25)3-4-16(26)20(13)27/h2-6,8-10,32H,7,28H2,1H3,(H2,29,33). The first-order chi connectivity index (χ1) is 16.7. The molecule has 8 nitrogen and oxygen atoms in total. The van der Waals surface area contributed by atoms with Crippen molar-refractivity contribution in [3.8, 4) is 0 Å². The van der Waals surface area contributed by atoms with Crippen LogP contribution >= 0.6 is 11.6 Å². The third-order valence-corrected chi connectivity index (χ3v) is 5.93. The molecule has 12 heteroatoms. The maximum absolute atomic E-state index is 14.4. The number of hydrogen-bond acceptors (Lipinski definition) is 7. The monoisotopic (exact) mass is 498 g/mol. The van der Waals surface area contributed by atoms with Crippen LogP contribution in [-0.4, -0.2) is 25.6 Å². The Balaban J connectivity index is 1.64. The molecule has 0 spiro atoms. The Kier molecular flexibility index (Phi) is 5.36. The van der Waals surface area contributed by atoms with Crippen LogP contribution in [0.3, 0.4) is 0 Å². The smallest absolute Gasteiger partial charge is 0.227 e. The molecule has 0 saturated carbocycles. The quantitative estimate of drug-likeness (QED) is 0.371. The van der Waals surface area contributed by atoms with E-state index < -0.39 is 28.8 Å². The highest BCUT2D eigenvalue weighted by molar-refractivity contribution is 6.31. The summed E-state index contributed by atoms with van der Waals surface area (Å²) in [5.74, 6) is -4.31. The number of nitrogens with two attached hydrogens (primary N) is 2. The molecule has 0 amide bonds. The van der Waals surface area contributed by atoms with Crippen LogP contribution in [0.4, 0.5) is 13.2 Å². The van der Waals surface area contributed by atoms with Crippen molar-refractivity contribution in [2.24, 2.45) is 16.5 Å². The van der Waals surface area contributed by atoms with Crippen molar-refractivity contribution in [2.75, 3.05) is 0 Å². The highest BCUT2D eigenvalue weighted by atomic mass is 35.5. The molecule has 4 aromatic rings. The van der Waals surface area contributed by atoms with E-state index in [1.165, 1.54) is 11.0 Å². The summed E-state index contributed by atoms with van der Waals surface area (Å²) in [5.41, 5.74) is 13.9. The Labute approximate surface area is 202 Å². The largest absolute Gasteiger partial charge is 0.385 e. The number of halogens is 4. The average Bonchev–Trinajstić information content (AvgIpc) is 3.18. The van der Waals surface area contributed by atoms with E-state index in [-0.39, 0.29) is 23.8 Å². The first-order valence-corrected chi connectivity index (χ1v) is 10.7. The summed E-state index contributed by atoms with van der Waals surface area (Å²) in [7, 11) is 0. The summed E-state index contributed by atoms with van der Waals surface area (Å²) in [5, 5.41) is 8.56. The van der Waals surface area contributed by atoms with Gasteiger partial charge in [-0.15, -0.1) is 0 Å². The van der Waals surface area contributed by atoms with Gasteiger partial charge in [-0.3, -0.25) is 0 Å². The number of nitrogens with zero attached hydrogens (tertiary/aromatic N) is 5. The van der Waals surface area contributed by atoms with Crippen LogP contribution in [0.15, 0.2) is 59.9 Å². The number of amidine groups is 1. The van der Waals surface area contributed by atoms with Crippen LogP contribution in [0.5, 0.6) is 0 Å². The lowest BCUT2D eigenvalue weighted by atomic mass is 10.1. The first-order valence-electron chi connectivity index (χ1n) is 10.4. The van der Waals surface area contributed by atoms with Gasteiger partial charge in [0.15, 0.2) is 11.6 Å². The van der Waals surface area contributed by atoms with Gasteiger partial charge in [-0.2, -0.15) is 5.10 Å². The molecule has 1 aliphatic heterocycles. The zero-order valence-electron chi connectivity index (χ0n) is 18.2. The fourth-order valence-corrected chi connectivity index (χ4v) is 4.29. The van der Waals surface area contributed by atoms with Crippen molar-refractivity contribution in [2.45, 2.75) is 19.1 Å². The van der Waals surface area contributed by atoms with Crippen LogP contribution in [0.1, 0.15) is 23.7 Å². The minimum atomic E-state index is -1.31. The summed E-state index contributed by atoms with van der Waals surface area (Å²) in [4.78, 5) is 12.5. The summed E-state index contributed by atoms with van der Waals surface area (Å²) < 4.78 is 44.1. The second-order valence-electron chi connectivity index (χ2n) is 8.08. The van der Waals surface area contributed by atoms with Gasteiger partial charge >= 0.3 is 0 Å². The van der Waals surface area contributed by atoms with Gasteiger partial charge in [0.2, 0.25) is 5.79 Å². The lowest BCUT2D eigenvalue weighted by Gasteiger charge is -2.34. The first kappa shape index (κ1) is 22.7. The topological polar surface area (TPSA) is 120 Å². The Morgan fingerprint density at radius 3 is 2.49 bits per heavy atom. The van der Waals surface area contributed by atoms with E-state index in [0.29, 0.717) is 27.1 Å². The van der Waals surface area contributed by atoms with Crippen molar-refractivity contribution in [1.82, 2.24) is 25.1 Å². The van der Waals surface area contributed by atoms with E-state index in [9.17, 15) is 13.2 Å². The zero-order valence-corrected chi connectivity index (χ0v) is 19.0. The fourth-order valence-electron chi connectivity index (χ4n) is 4.12. The van der Waals surface area contributed by atoms with Gasteiger partial charge in [0.05, 0.1) is 16.8 Å². The predicted octanol–water partition coefficient (Wildman–Crippen LogP) is 3.41. The maximum atomic E-state index is 14.4. The zero-order chi connectivity index (χ0) is 24.9. The van der Waals surface area contributed by atoms with E-state index >= 15 is 0 Å². The van der Waals surface area contributed by atoms with Crippen molar-refractivity contribution < 1.29 is 13.2 Å². The van der Waals surface area contributed by atoms with E-state index in [4.69, 9.17) is 23.1 Å². The van der Waals surface area contributed by atoms with Crippen molar-refractivity contribution >= 4 is 33.9 Å². The lowest BCUT2D eigenvalue weighted by molar-refractivity contribution is 0.258. The average molecular weight is 499 g/mol. The molecule has 0 fully saturated rings. The van der Waals surface area contributed by atoms with Crippen LogP contribution in [0.2, 0.25) is 5.02 Å². The van der Waals surface area contributed by atoms with Crippen molar-refractivity contribution in [3.63, 3.8) is 0 Å². The van der Waals surface area contributed by atoms with Crippen LogP contribution in [0.25, 0.3) is 16.5 Å². The number of fused-ring (bicyclic) bond motifs is 1. The number of hydrogen-bond donors (Lipinski definition) is 3. The SMILES string of the molecule is CC1(n2nc(Cc3c(F)ccc(F)c3F)c3cc(Cl)ccc32)N=C(N)C(c2cncnc2)=C(N)N1. The van der Waals surface area contributed by atoms with E-state index in [0.717, 1.165) is 12.1 Å². The van der Waals surface area contributed by atoms with E-state index in [1.807, 2.05) is 0 Å². The summed E-state index contributed by atoms with van der Waals surface area (Å²) in [6.45, 7) is 1.68. The lowest BCUT2D eigenvalue weighted by Crippen LogP contribution is -2.50. The van der Waals surface area contributed by atoms with Gasteiger partial charge in [-0.05, 0) is 30.3 Å². The molecule has 1 unspecified atom stereocenters. The molecule has 5 rings (SSSR count). The van der Waals surface area contributed by atoms with Gasteiger partial charge in [-0.25, -0.2) is 32.8 Å². The van der Waals surface area contributed by atoms with Crippen molar-refractivity contribution in [3.05, 3.63) is 94.2 Å². The Morgan fingerprint density at radius 2 is 1.77 bits per heavy atom. The van der Waals surface area contributed by atoms with Crippen LogP contribution in [0, 0.1) is 17.5 Å². The van der Waals surface area contributed by atoms with Crippen molar-refractivity contribution in [1.29, 1.82) is 0 Å². The van der Waals surface area contributed by atoms with E-state index in [2.05, 4.69) is 25.4 Å². The Bertz CT molecular complexity index is 1530. The van der Waals surface area contributed by atoms with Gasteiger partial charge in [0.1, 0.15) is 23.8 Å². The fraction of sp³-hybridized carbons (Fsp3) is 0.130. The summed E-state index contributed by atoms with van der Waals surface area (Å²) in [6.07, 6.45) is 4.15. The molecule has 3 heterocycles. The van der Waals surface area contributed by atoms with Gasteiger partial charge < -0.3 is 16.8 Å². The predicted molar refractivity (Wildman–Crippen MR) is 125 cm³/mol. The number of benzene rings is 2. The Hall–Kier alpha value is -4.12. The molecule has 178 valence electrons. The molecule has 0 bridgehead atoms. The molecule has 1 atom stereocenters. The Morgan fingerprint density at radius 1 is 1.06 bits per heavy atom. The molecule has 1 aliphatic rings. The molecule has 2 aromatic carbocycles. The van der Waals surface area contributed by atoms with Gasteiger partial charge in [0.25, 0.3) is 0 Å². The van der Waals surface area contributed by atoms with Gasteiger partial charge in [0, 0.05) is 47.3 Å². The summed E-state index contributed by atoms with van der Waals surface area (Å²) in [6, 6.07) is 6.54. The minimum absolute atomic E-state index is 0.111. The second-order valence-corrected chi connectivity index (χ2v) is 8.51. The maximum Gasteiger partial charge on any atom is 0.227 e. The molecule has 5 N–H and O–H groups in total. The summed E-state index contributed by atoms with van der Waals surface area (Å²) >= 11 is 6.20. The highest BCUT2D eigenvalue weighted by Crippen LogP contribution is 2.32. The number of nitrogens with one attached hydrogen (secondary N) is 1. The minimum Gasteiger partial charge on any atom is -0.385 e. The second kappa shape index (κ2) is 8.27. The third kappa shape index (κ3) is 3.83. The molecular weight excluding hydrogens is 481 g/mol. The molecule has 0 aliphatic carbocycles. The van der Waals surface area contributed by atoms with Crippen LogP contribution < -0.4 is 16.8 Å². The molecule has 2 aromatic heterocycles. The highest BCUT2D eigenvalue weighted by Gasteiger charge is 2.35. The number of rotatable bonds is 4. The van der Waals surface area contributed by atoms with Crippen LogP contribution in [-0.2, 0) is 12.2 Å². The molecule has 0 radical (unpaired) electrons. The molecular formula is C23H18ClF3N8.